The summed E-state index contributed by atoms with van der Waals surface area (Å²) >= 11 is 4.42. The maximum atomic E-state index is 12.0. The van der Waals surface area contributed by atoms with Crippen molar-refractivity contribution in [2.24, 2.45) is 5.10 Å². The Labute approximate surface area is 133 Å². The van der Waals surface area contributed by atoms with Gasteiger partial charge in [0, 0.05) is 10.0 Å². The first-order valence-corrected chi connectivity index (χ1v) is 7.69. The van der Waals surface area contributed by atoms with Crippen LogP contribution in [-0.4, -0.2) is 22.2 Å². The molecule has 0 fully saturated rings. The van der Waals surface area contributed by atoms with E-state index in [4.69, 9.17) is 5.73 Å². The molecule has 1 heterocycles. The maximum absolute atomic E-state index is 12.0. The highest BCUT2D eigenvalue weighted by molar-refractivity contribution is 9.10. The number of hydrazone groups is 1. The highest BCUT2D eigenvalue weighted by Crippen LogP contribution is 2.21. The highest BCUT2D eigenvalue weighted by Gasteiger charge is 2.15. The Morgan fingerprint density at radius 1 is 1.62 bits per heavy atom. The number of nitrogens with two attached hydrogens (primary N) is 1. The number of anilines is 1. The summed E-state index contributed by atoms with van der Waals surface area (Å²) in [7, 11) is 0. The number of nitrogen functional groups attached to an aromatic ring is 1. The number of nitrogens with zero attached hydrogens (tertiary/aromatic N) is 2. The first-order valence-electron chi connectivity index (χ1n) is 6.08. The molecule has 0 aliphatic rings. The van der Waals surface area contributed by atoms with Gasteiger partial charge in [-0.2, -0.15) is 5.10 Å². The molecule has 0 saturated heterocycles. The molecule has 21 heavy (non-hydrogen) atoms. The van der Waals surface area contributed by atoms with Crippen molar-refractivity contribution < 1.29 is 9.90 Å². The molecule has 0 aliphatic heterocycles. The van der Waals surface area contributed by atoms with Gasteiger partial charge in [0.25, 0.3) is 5.91 Å². The van der Waals surface area contributed by atoms with E-state index in [2.05, 4.69) is 31.4 Å². The third-order valence-electron chi connectivity index (χ3n) is 2.61. The molecule has 1 amide bonds. The van der Waals surface area contributed by atoms with Gasteiger partial charge in [-0.1, -0.05) is 34.2 Å². The van der Waals surface area contributed by atoms with Crippen LogP contribution in [-0.2, 0) is 6.42 Å². The Kier molecular flexibility index (Phi) is 4.92. The van der Waals surface area contributed by atoms with E-state index in [1.807, 2.05) is 6.92 Å². The van der Waals surface area contributed by atoms with E-state index in [-0.39, 0.29) is 11.7 Å². The van der Waals surface area contributed by atoms with Gasteiger partial charge in [0.05, 0.1) is 11.9 Å². The monoisotopic (exact) mass is 368 g/mol. The first-order chi connectivity index (χ1) is 10.0. The molecule has 6 nitrogen and oxygen atoms in total. The number of hydrogen-bond acceptors (Lipinski definition) is 6. The summed E-state index contributed by atoms with van der Waals surface area (Å²) in [4.78, 5) is 16.5. The predicted octanol–water partition coefficient (Wildman–Crippen LogP) is 2.52. The van der Waals surface area contributed by atoms with Crippen molar-refractivity contribution in [3.05, 3.63) is 38.8 Å². The summed E-state index contributed by atoms with van der Waals surface area (Å²) in [5.41, 5.74) is 9.14. The van der Waals surface area contributed by atoms with Crippen LogP contribution >= 0.6 is 27.3 Å². The van der Waals surface area contributed by atoms with Crippen LogP contribution < -0.4 is 11.2 Å². The molecule has 2 rings (SSSR count). The van der Waals surface area contributed by atoms with Crippen molar-refractivity contribution in [3.63, 3.8) is 0 Å². The van der Waals surface area contributed by atoms with Crippen LogP contribution in [0.4, 0.5) is 5.13 Å². The molecule has 0 unspecified atom stereocenters. The van der Waals surface area contributed by atoms with Gasteiger partial charge in [-0.15, -0.1) is 0 Å². The molecule has 2 aromatic rings. The summed E-state index contributed by atoms with van der Waals surface area (Å²) in [5, 5.41) is 13.8. The fourth-order valence-electron chi connectivity index (χ4n) is 1.63. The summed E-state index contributed by atoms with van der Waals surface area (Å²) in [6, 6.07) is 4.93. The molecule has 110 valence electrons. The van der Waals surface area contributed by atoms with Gasteiger partial charge in [-0.05, 0) is 24.6 Å². The molecule has 0 radical (unpaired) electrons. The van der Waals surface area contributed by atoms with Gasteiger partial charge in [0.2, 0.25) is 0 Å². The predicted molar refractivity (Wildman–Crippen MR) is 86.8 cm³/mol. The lowest BCUT2D eigenvalue weighted by Gasteiger charge is -2.00. The number of carbonyl (C=O) groups is 1. The lowest BCUT2D eigenvalue weighted by Crippen LogP contribution is -2.17. The number of aromatic nitrogens is 1. The fourth-order valence-corrected chi connectivity index (χ4v) is 2.82. The number of phenols is 1. The largest absolute Gasteiger partial charge is 0.507 e. The van der Waals surface area contributed by atoms with Crippen LogP contribution in [0.3, 0.4) is 0 Å². The molecule has 0 aliphatic carbocycles. The Balaban J connectivity index is 2.10. The van der Waals surface area contributed by atoms with E-state index >= 15 is 0 Å². The Bertz CT molecular complexity index is 699. The van der Waals surface area contributed by atoms with Crippen LogP contribution in [0.1, 0.15) is 27.9 Å². The minimum absolute atomic E-state index is 0.0764. The number of thiazole rings is 1. The van der Waals surface area contributed by atoms with Crippen LogP contribution in [0.15, 0.2) is 27.8 Å². The van der Waals surface area contributed by atoms with Crippen molar-refractivity contribution >= 4 is 44.5 Å². The fraction of sp³-hybridized carbons (Fsp3) is 0.154. The molecule has 1 aromatic carbocycles. The molecule has 4 N–H and O–H groups in total. The average molecular weight is 369 g/mol. The van der Waals surface area contributed by atoms with Gasteiger partial charge >= 0.3 is 0 Å². The van der Waals surface area contributed by atoms with Crippen molar-refractivity contribution in [2.45, 2.75) is 13.3 Å². The summed E-state index contributed by atoms with van der Waals surface area (Å²) in [6.07, 6.45) is 1.99. The number of benzene rings is 1. The van der Waals surface area contributed by atoms with Crippen LogP contribution in [0.5, 0.6) is 5.75 Å². The lowest BCUT2D eigenvalue weighted by atomic mass is 10.2. The zero-order chi connectivity index (χ0) is 15.4. The van der Waals surface area contributed by atoms with Crippen molar-refractivity contribution in [2.75, 3.05) is 5.73 Å². The maximum Gasteiger partial charge on any atom is 0.283 e. The third-order valence-corrected chi connectivity index (χ3v) is 4.03. The summed E-state index contributed by atoms with van der Waals surface area (Å²) < 4.78 is 0.802. The molecule has 0 atom stereocenters. The molecular weight excluding hydrogens is 356 g/mol. The average Bonchev–Trinajstić information content (AvgIpc) is 2.83. The van der Waals surface area contributed by atoms with E-state index in [1.54, 1.807) is 12.1 Å². The molecule has 0 saturated carbocycles. The molecular formula is C13H13BrN4O2S. The van der Waals surface area contributed by atoms with Crippen molar-refractivity contribution in [3.8, 4) is 5.75 Å². The van der Waals surface area contributed by atoms with E-state index < -0.39 is 0 Å². The number of amides is 1. The van der Waals surface area contributed by atoms with Crippen LogP contribution in [0.2, 0.25) is 0 Å². The minimum atomic E-state index is -0.369. The number of aryl methyl sites for hydroxylation is 1. The second kappa shape index (κ2) is 6.68. The highest BCUT2D eigenvalue weighted by atomic mass is 79.9. The van der Waals surface area contributed by atoms with Crippen molar-refractivity contribution in [1.29, 1.82) is 0 Å². The molecule has 0 bridgehead atoms. The van der Waals surface area contributed by atoms with Gasteiger partial charge in [0.1, 0.15) is 10.6 Å². The molecule has 8 heteroatoms. The zero-order valence-electron chi connectivity index (χ0n) is 11.1. The molecule has 0 spiro atoms. The quantitative estimate of drug-likeness (QED) is 0.569. The molecule has 1 aromatic heterocycles. The zero-order valence-corrected chi connectivity index (χ0v) is 13.5. The van der Waals surface area contributed by atoms with E-state index in [1.165, 1.54) is 12.3 Å². The van der Waals surface area contributed by atoms with Crippen molar-refractivity contribution in [1.82, 2.24) is 10.4 Å². The van der Waals surface area contributed by atoms with Crippen LogP contribution in [0.25, 0.3) is 0 Å². The number of carbonyl (C=O) groups excluding carboxylic acids is 1. The second-order valence-electron chi connectivity index (χ2n) is 4.08. The normalized spacial score (nSPS) is 11.0. The number of hydrogen-bond donors (Lipinski definition) is 3. The Hall–Kier alpha value is -1.93. The lowest BCUT2D eigenvalue weighted by molar-refractivity contribution is 0.0958. The summed E-state index contributed by atoms with van der Waals surface area (Å²) in [6.45, 7) is 1.90. The third kappa shape index (κ3) is 3.79. The first kappa shape index (κ1) is 15.5. The number of halogens is 1. The van der Waals surface area contributed by atoms with Gasteiger partial charge in [-0.3, -0.25) is 4.79 Å². The topological polar surface area (TPSA) is 101 Å². The van der Waals surface area contributed by atoms with Gasteiger partial charge in [-0.25, -0.2) is 10.4 Å². The smallest absolute Gasteiger partial charge is 0.283 e. The number of aromatic hydroxyl groups is 1. The number of nitrogens with one attached hydrogen (secondary N) is 1. The van der Waals surface area contributed by atoms with E-state index in [9.17, 15) is 9.90 Å². The number of phenolic OH excluding ortho intramolecular Hbond substituents is 1. The Morgan fingerprint density at radius 3 is 3.10 bits per heavy atom. The van der Waals surface area contributed by atoms with Gasteiger partial charge in [0.15, 0.2) is 5.13 Å². The number of rotatable bonds is 4. The SMILES string of the molecule is CCc1nc(N)sc1C(=O)NN=Cc1cc(Br)ccc1O. The van der Waals surface area contributed by atoms with E-state index in [0.717, 1.165) is 15.8 Å². The Morgan fingerprint density at radius 2 is 2.38 bits per heavy atom. The standard InChI is InChI=1S/C13H13BrN4O2S/c1-2-9-11(21-13(15)17-9)12(20)18-16-6-7-5-8(14)3-4-10(7)19/h3-6,19H,2H2,1H3,(H2,15,17)(H,18,20). The van der Waals surface area contributed by atoms with E-state index in [0.29, 0.717) is 27.7 Å². The second-order valence-corrected chi connectivity index (χ2v) is 6.03. The van der Waals surface area contributed by atoms with Crippen LogP contribution in [0, 0.1) is 0 Å². The van der Waals surface area contributed by atoms with Gasteiger partial charge < -0.3 is 10.8 Å². The minimum Gasteiger partial charge on any atom is -0.507 e. The summed E-state index contributed by atoms with van der Waals surface area (Å²) in [5.74, 6) is -0.292.